The van der Waals surface area contributed by atoms with Gasteiger partial charge in [-0.15, -0.1) is 13.2 Å². The maximum atomic E-state index is 12.0. The van der Waals surface area contributed by atoms with E-state index in [1.54, 1.807) is 0 Å². The van der Waals surface area contributed by atoms with Crippen LogP contribution in [0.25, 0.3) is 0 Å². The molecule has 1 aromatic rings. The molecule has 1 aromatic carbocycles. The summed E-state index contributed by atoms with van der Waals surface area (Å²) < 4.78 is 45.5. The highest BCUT2D eigenvalue weighted by Crippen LogP contribution is 2.24. The first-order valence-electron chi connectivity index (χ1n) is 6.99. The first kappa shape index (κ1) is 17.6. The molecule has 0 aliphatic rings. The average Bonchev–Trinajstić information content (AvgIpc) is 2.35. The number of hydrogen-bond donors (Lipinski definition) is 1. The molecule has 0 amide bonds. The molecule has 1 unspecified atom stereocenters. The summed E-state index contributed by atoms with van der Waals surface area (Å²) in [6, 6.07) is 5.40. The molecule has 0 fully saturated rings. The van der Waals surface area contributed by atoms with Crippen LogP contribution in [0.2, 0.25) is 0 Å². The van der Waals surface area contributed by atoms with E-state index < -0.39 is 6.36 Å². The molecule has 0 radical (unpaired) electrons. The summed E-state index contributed by atoms with van der Waals surface area (Å²) in [6.07, 6.45) is -3.64. The third-order valence-corrected chi connectivity index (χ3v) is 2.72. The van der Waals surface area contributed by atoms with Crippen LogP contribution in [0, 0.1) is 5.92 Å². The lowest BCUT2D eigenvalue weighted by Crippen LogP contribution is -2.30. The molecule has 0 aliphatic carbocycles. The first-order chi connectivity index (χ1) is 9.76. The summed E-state index contributed by atoms with van der Waals surface area (Å²) in [5.41, 5.74) is 0. The Balaban J connectivity index is 2.34. The Kier molecular flexibility index (Phi) is 6.81. The van der Waals surface area contributed by atoms with E-state index >= 15 is 0 Å². The second-order valence-electron chi connectivity index (χ2n) is 5.33. The Morgan fingerprint density at radius 1 is 1.05 bits per heavy atom. The van der Waals surface area contributed by atoms with Gasteiger partial charge in [0.05, 0.1) is 0 Å². The van der Waals surface area contributed by atoms with Gasteiger partial charge >= 0.3 is 6.36 Å². The number of hydrogen-bond acceptors (Lipinski definition) is 3. The molecule has 120 valence electrons. The monoisotopic (exact) mass is 305 g/mol. The summed E-state index contributed by atoms with van der Waals surface area (Å²) in [5, 5.41) is 3.28. The summed E-state index contributed by atoms with van der Waals surface area (Å²) in [4.78, 5) is 0. The maximum absolute atomic E-state index is 12.0. The van der Waals surface area contributed by atoms with Crippen molar-refractivity contribution >= 4 is 0 Å². The van der Waals surface area contributed by atoms with E-state index in [9.17, 15) is 13.2 Å². The molecule has 0 spiro atoms. The SMILES string of the molecule is CC(C)CCNCC(C)Oc1ccc(OC(F)(F)F)cc1. The summed E-state index contributed by atoms with van der Waals surface area (Å²) in [6.45, 7) is 7.83. The fourth-order valence-corrected chi connectivity index (χ4v) is 1.69. The van der Waals surface area contributed by atoms with Crippen LogP contribution in [-0.4, -0.2) is 25.6 Å². The van der Waals surface area contributed by atoms with Gasteiger partial charge in [-0.25, -0.2) is 0 Å². The van der Waals surface area contributed by atoms with Crippen molar-refractivity contribution < 1.29 is 22.6 Å². The second kappa shape index (κ2) is 8.12. The topological polar surface area (TPSA) is 30.5 Å². The van der Waals surface area contributed by atoms with Gasteiger partial charge in [0, 0.05) is 6.54 Å². The van der Waals surface area contributed by atoms with E-state index in [2.05, 4.69) is 23.9 Å². The van der Waals surface area contributed by atoms with Crippen LogP contribution in [0.3, 0.4) is 0 Å². The molecule has 0 heterocycles. The van der Waals surface area contributed by atoms with Crippen molar-refractivity contribution in [2.75, 3.05) is 13.1 Å². The van der Waals surface area contributed by atoms with Crippen molar-refractivity contribution in [1.29, 1.82) is 0 Å². The van der Waals surface area contributed by atoms with Gasteiger partial charge < -0.3 is 14.8 Å². The largest absolute Gasteiger partial charge is 0.573 e. The van der Waals surface area contributed by atoms with Crippen molar-refractivity contribution in [3.63, 3.8) is 0 Å². The highest BCUT2D eigenvalue weighted by atomic mass is 19.4. The minimum absolute atomic E-state index is 0.0634. The zero-order valence-electron chi connectivity index (χ0n) is 12.5. The molecule has 1 rings (SSSR count). The molecule has 1 N–H and O–H groups in total. The molecule has 0 saturated heterocycles. The van der Waals surface area contributed by atoms with Crippen molar-refractivity contribution in [3.8, 4) is 11.5 Å². The smallest absolute Gasteiger partial charge is 0.489 e. The van der Waals surface area contributed by atoms with E-state index in [4.69, 9.17) is 4.74 Å². The van der Waals surface area contributed by atoms with Crippen LogP contribution in [0.15, 0.2) is 24.3 Å². The van der Waals surface area contributed by atoms with Crippen LogP contribution in [0.4, 0.5) is 13.2 Å². The lowest BCUT2D eigenvalue weighted by Gasteiger charge is -2.16. The van der Waals surface area contributed by atoms with E-state index in [1.807, 2.05) is 6.92 Å². The quantitative estimate of drug-likeness (QED) is 0.737. The van der Waals surface area contributed by atoms with Gasteiger partial charge in [-0.2, -0.15) is 0 Å². The molecule has 0 saturated carbocycles. The summed E-state index contributed by atoms with van der Waals surface area (Å²) in [5.74, 6) is 0.912. The zero-order valence-corrected chi connectivity index (χ0v) is 12.5. The zero-order chi connectivity index (χ0) is 15.9. The molecule has 1 atom stereocenters. The Bertz CT molecular complexity index is 404. The number of alkyl halides is 3. The minimum Gasteiger partial charge on any atom is -0.489 e. The maximum Gasteiger partial charge on any atom is 0.573 e. The standard InChI is InChI=1S/C15H22F3NO2/c1-11(2)8-9-19-10-12(3)20-13-4-6-14(7-5-13)21-15(16,17)18/h4-7,11-12,19H,8-10H2,1-3H3. The Hall–Kier alpha value is -1.43. The molecular weight excluding hydrogens is 283 g/mol. The van der Waals surface area contributed by atoms with Crippen molar-refractivity contribution in [1.82, 2.24) is 5.32 Å². The van der Waals surface area contributed by atoms with Crippen LogP contribution in [0.5, 0.6) is 11.5 Å². The van der Waals surface area contributed by atoms with Crippen molar-refractivity contribution in [2.24, 2.45) is 5.92 Å². The Labute approximate surface area is 123 Å². The van der Waals surface area contributed by atoms with Gasteiger partial charge in [-0.3, -0.25) is 0 Å². The third-order valence-electron chi connectivity index (χ3n) is 2.72. The number of rotatable bonds is 8. The Morgan fingerprint density at radius 3 is 2.14 bits per heavy atom. The highest BCUT2D eigenvalue weighted by Gasteiger charge is 2.30. The van der Waals surface area contributed by atoms with Crippen molar-refractivity contribution in [2.45, 2.75) is 39.7 Å². The minimum atomic E-state index is -4.67. The first-order valence-corrected chi connectivity index (χ1v) is 6.99. The lowest BCUT2D eigenvalue weighted by atomic mass is 10.1. The van der Waals surface area contributed by atoms with Gasteiger partial charge in [-0.05, 0) is 50.1 Å². The van der Waals surface area contributed by atoms with Crippen LogP contribution >= 0.6 is 0 Å². The molecular formula is C15H22F3NO2. The van der Waals surface area contributed by atoms with Gasteiger partial charge in [0.25, 0.3) is 0 Å². The number of nitrogens with one attached hydrogen (secondary N) is 1. The number of ether oxygens (including phenoxy) is 2. The second-order valence-corrected chi connectivity index (χ2v) is 5.33. The summed E-state index contributed by atoms with van der Waals surface area (Å²) in [7, 11) is 0. The molecule has 0 aromatic heterocycles. The van der Waals surface area contributed by atoms with Crippen LogP contribution in [-0.2, 0) is 0 Å². The van der Waals surface area contributed by atoms with E-state index in [1.165, 1.54) is 24.3 Å². The molecule has 6 heteroatoms. The van der Waals surface area contributed by atoms with Crippen LogP contribution < -0.4 is 14.8 Å². The predicted molar refractivity (Wildman–Crippen MR) is 75.5 cm³/mol. The lowest BCUT2D eigenvalue weighted by molar-refractivity contribution is -0.274. The third kappa shape index (κ3) is 8.45. The molecule has 21 heavy (non-hydrogen) atoms. The van der Waals surface area contributed by atoms with Gasteiger partial charge in [0.15, 0.2) is 0 Å². The van der Waals surface area contributed by atoms with Gasteiger partial charge in [-0.1, -0.05) is 13.8 Å². The number of benzene rings is 1. The average molecular weight is 305 g/mol. The molecule has 3 nitrogen and oxygen atoms in total. The van der Waals surface area contributed by atoms with E-state index in [-0.39, 0.29) is 11.9 Å². The number of halogens is 3. The van der Waals surface area contributed by atoms with E-state index in [0.717, 1.165) is 13.0 Å². The van der Waals surface area contributed by atoms with Gasteiger partial charge in [0.1, 0.15) is 17.6 Å². The normalized spacial score (nSPS) is 13.3. The summed E-state index contributed by atoms with van der Waals surface area (Å²) >= 11 is 0. The molecule has 0 aliphatic heterocycles. The van der Waals surface area contributed by atoms with Crippen LogP contribution in [0.1, 0.15) is 27.2 Å². The molecule has 0 bridgehead atoms. The van der Waals surface area contributed by atoms with E-state index in [0.29, 0.717) is 18.2 Å². The Morgan fingerprint density at radius 2 is 1.62 bits per heavy atom. The van der Waals surface area contributed by atoms with Gasteiger partial charge in [0.2, 0.25) is 0 Å². The van der Waals surface area contributed by atoms with Crippen molar-refractivity contribution in [3.05, 3.63) is 24.3 Å². The fourth-order valence-electron chi connectivity index (χ4n) is 1.69. The fraction of sp³-hybridized carbons (Fsp3) is 0.600. The highest BCUT2D eigenvalue weighted by molar-refractivity contribution is 5.31. The predicted octanol–water partition coefficient (Wildman–Crippen LogP) is 3.99.